The van der Waals surface area contributed by atoms with Crippen molar-refractivity contribution < 1.29 is 10.0 Å². The normalized spacial score (nSPS) is 23.9. The zero-order chi connectivity index (χ0) is 22.7. The molecular weight excluding hydrogens is 407 g/mol. The van der Waals surface area contributed by atoms with Crippen molar-refractivity contribution in [1.82, 2.24) is 5.32 Å². The summed E-state index contributed by atoms with van der Waals surface area (Å²) in [6.07, 6.45) is 10.0. The first-order valence-corrected chi connectivity index (χ1v) is 11.1. The fraction of sp³-hybridized carbons (Fsp3) is 0.107. The van der Waals surface area contributed by atoms with Crippen LogP contribution in [0.5, 0.6) is 0 Å². The Morgan fingerprint density at radius 1 is 0.788 bits per heavy atom. The number of nitrogens with zero attached hydrogens (tertiary/aromatic N) is 1. The number of allylic oxidation sites excluding steroid dienone is 4. The van der Waals surface area contributed by atoms with Gasteiger partial charge in [-0.3, -0.25) is 4.99 Å². The Labute approximate surface area is 194 Å². The molecule has 2 atom stereocenters. The van der Waals surface area contributed by atoms with Crippen LogP contribution < -0.4 is 5.32 Å². The minimum absolute atomic E-state index is 0.396. The molecule has 3 N–H and O–H groups in total. The lowest BCUT2D eigenvalue weighted by Crippen LogP contribution is -2.56. The van der Waals surface area contributed by atoms with E-state index in [1.165, 1.54) is 0 Å². The van der Waals surface area contributed by atoms with E-state index >= 15 is 0 Å². The zero-order valence-electron chi connectivity index (χ0n) is 18.2. The molecule has 162 valence electrons. The van der Waals surface area contributed by atoms with E-state index < -0.39 is 18.1 Å². The fourth-order valence-corrected chi connectivity index (χ4v) is 4.75. The molecule has 0 spiro atoms. The molecule has 0 bridgehead atoms. The Bertz CT molecular complexity index is 1240. The van der Waals surface area contributed by atoms with E-state index in [4.69, 9.17) is 4.99 Å². The summed E-state index contributed by atoms with van der Waals surface area (Å²) >= 11 is 0. The smallest absolute Gasteiger partial charge is 0.426 e. The van der Waals surface area contributed by atoms with Crippen molar-refractivity contribution in [3.05, 3.63) is 132 Å². The van der Waals surface area contributed by atoms with Crippen LogP contribution in [0.3, 0.4) is 0 Å². The van der Waals surface area contributed by atoms with Gasteiger partial charge in [0.2, 0.25) is 0 Å². The SMILES string of the molecule is OB(O)C1(C2(c3ccccc3)N=CC=C(c3ccccc3)N2)C=CC(c2ccccc2)=CC1. The van der Waals surface area contributed by atoms with Crippen LogP contribution in [0.4, 0.5) is 0 Å². The van der Waals surface area contributed by atoms with Crippen LogP contribution in [0.2, 0.25) is 5.31 Å². The van der Waals surface area contributed by atoms with Crippen LogP contribution in [-0.4, -0.2) is 23.4 Å². The van der Waals surface area contributed by atoms with Gasteiger partial charge in [-0.15, -0.1) is 0 Å². The molecule has 1 aliphatic carbocycles. The van der Waals surface area contributed by atoms with Gasteiger partial charge in [0, 0.05) is 11.9 Å². The molecule has 5 heteroatoms. The van der Waals surface area contributed by atoms with Gasteiger partial charge in [0.15, 0.2) is 5.66 Å². The summed E-state index contributed by atoms with van der Waals surface area (Å²) in [5.41, 5.74) is 3.77. The van der Waals surface area contributed by atoms with Crippen molar-refractivity contribution in [3.8, 4) is 0 Å². The fourth-order valence-electron chi connectivity index (χ4n) is 4.75. The summed E-state index contributed by atoms with van der Waals surface area (Å²) in [5.74, 6) is 0. The highest BCUT2D eigenvalue weighted by Gasteiger charge is 2.59. The third kappa shape index (κ3) is 3.65. The molecule has 0 aromatic heterocycles. The van der Waals surface area contributed by atoms with Crippen LogP contribution >= 0.6 is 0 Å². The minimum Gasteiger partial charge on any atom is -0.426 e. The lowest BCUT2D eigenvalue weighted by Gasteiger charge is -2.49. The summed E-state index contributed by atoms with van der Waals surface area (Å²) in [6, 6.07) is 29.9. The van der Waals surface area contributed by atoms with E-state index in [2.05, 4.69) is 23.5 Å². The Balaban J connectivity index is 1.63. The van der Waals surface area contributed by atoms with E-state index in [1.54, 1.807) is 6.21 Å². The van der Waals surface area contributed by atoms with Crippen LogP contribution in [-0.2, 0) is 5.66 Å². The second kappa shape index (κ2) is 8.70. The van der Waals surface area contributed by atoms with Gasteiger partial charge in [-0.1, -0.05) is 109 Å². The van der Waals surface area contributed by atoms with E-state index in [0.717, 1.165) is 28.0 Å². The van der Waals surface area contributed by atoms with Gasteiger partial charge >= 0.3 is 7.12 Å². The topological polar surface area (TPSA) is 64.8 Å². The molecular formula is C28H25BN2O2. The number of benzene rings is 3. The van der Waals surface area contributed by atoms with Gasteiger partial charge in [-0.2, -0.15) is 0 Å². The second-order valence-electron chi connectivity index (χ2n) is 8.40. The van der Waals surface area contributed by atoms with Crippen molar-refractivity contribution in [2.24, 2.45) is 4.99 Å². The molecule has 1 heterocycles. The number of hydrogen-bond acceptors (Lipinski definition) is 4. The third-order valence-electron chi connectivity index (χ3n) is 6.56. The molecule has 0 radical (unpaired) electrons. The van der Waals surface area contributed by atoms with Gasteiger partial charge in [0.25, 0.3) is 0 Å². The van der Waals surface area contributed by atoms with Crippen LogP contribution in [0.15, 0.2) is 120 Å². The minimum atomic E-state index is -1.65. The lowest BCUT2D eigenvalue weighted by molar-refractivity contribution is 0.242. The first-order chi connectivity index (χ1) is 16.1. The van der Waals surface area contributed by atoms with Crippen molar-refractivity contribution in [2.45, 2.75) is 17.4 Å². The largest absolute Gasteiger partial charge is 0.467 e. The average Bonchev–Trinajstić information content (AvgIpc) is 2.90. The van der Waals surface area contributed by atoms with Crippen LogP contribution in [0.1, 0.15) is 23.1 Å². The summed E-state index contributed by atoms with van der Waals surface area (Å²) in [4.78, 5) is 4.91. The molecule has 0 fully saturated rings. The Morgan fingerprint density at radius 3 is 1.97 bits per heavy atom. The maximum Gasteiger partial charge on any atom is 0.467 e. The number of nitrogens with one attached hydrogen (secondary N) is 1. The highest BCUT2D eigenvalue weighted by Crippen LogP contribution is 2.56. The number of aliphatic imine (C=N–C) groups is 1. The molecule has 2 aliphatic rings. The molecule has 2 unspecified atom stereocenters. The van der Waals surface area contributed by atoms with E-state index in [-0.39, 0.29) is 0 Å². The molecule has 4 nitrogen and oxygen atoms in total. The maximum absolute atomic E-state index is 10.9. The van der Waals surface area contributed by atoms with Crippen LogP contribution in [0.25, 0.3) is 11.3 Å². The predicted octanol–water partition coefficient (Wildman–Crippen LogP) is 4.81. The molecule has 3 aromatic carbocycles. The summed E-state index contributed by atoms with van der Waals surface area (Å²) in [5, 5.41) is 24.2. The quantitative estimate of drug-likeness (QED) is 0.507. The van der Waals surface area contributed by atoms with Gasteiger partial charge in [-0.25, -0.2) is 0 Å². The van der Waals surface area contributed by atoms with Crippen molar-refractivity contribution in [2.75, 3.05) is 0 Å². The maximum atomic E-state index is 10.9. The highest BCUT2D eigenvalue weighted by atomic mass is 16.4. The standard InChI is InChI=1S/C28H25BN2O2/c32-29(33)27(19-16-23(17-20-27)22-10-4-1-5-11-22)28(25-14-8-3-9-15-25)30-21-18-26(31-28)24-12-6-2-7-13-24/h1-19,21,31-33H,20H2. The average molecular weight is 432 g/mol. The van der Waals surface area contributed by atoms with Crippen molar-refractivity contribution in [1.29, 1.82) is 0 Å². The van der Waals surface area contributed by atoms with Crippen molar-refractivity contribution >= 4 is 24.6 Å². The van der Waals surface area contributed by atoms with Gasteiger partial charge < -0.3 is 15.4 Å². The van der Waals surface area contributed by atoms with Gasteiger partial charge in [0.1, 0.15) is 0 Å². The lowest BCUT2D eigenvalue weighted by atomic mass is 9.47. The van der Waals surface area contributed by atoms with Crippen LogP contribution in [0, 0.1) is 0 Å². The third-order valence-corrected chi connectivity index (χ3v) is 6.56. The number of hydrogen-bond donors (Lipinski definition) is 3. The summed E-state index contributed by atoms with van der Waals surface area (Å²) in [7, 11) is -1.65. The zero-order valence-corrected chi connectivity index (χ0v) is 18.2. The summed E-state index contributed by atoms with van der Waals surface area (Å²) in [6.45, 7) is 0. The van der Waals surface area contributed by atoms with Gasteiger partial charge in [-0.05, 0) is 34.8 Å². The molecule has 1 aliphatic heterocycles. The first kappa shape index (κ1) is 21.2. The predicted molar refractivity (Wildman–Crippen MR) is 135 cm³/mol. The summed E-state index contributed by atoms with van der Waals surface area (Å²) < 4.78 is 0. The Hall–Kier alpha value is -3.67. The van der Waals surface area contributed by atoms with Gasteiger partial charge in [0.05, 0.1) is 5.31 Å². The Kier molecular flexibility index (Phi) is 5.59. The Morgan fingerprint density at radius 2 is 1.39 bits per heavy atom. The highest BCUT2D eigenvalue weighted by molar-refractivity contribution is 6.47. The molecule has 5 rings (SSSR count). The monoisotopic (exact) mass is 432 g/mol. The van der Waals surface area contributed by atoms with E-state index in [9.17, 15) is 10.0 Å². The number of rotatable bonds is 5. The second-order valence-corrected chi connectivity index (χ2v) is 8.40. The molecule has 0 amide bonds. The molecule has 33 heavy (non-hydrogen) atoms. The van der Waals surface area contributed by atoms with E-state index in [0.29, 0.717) is 6.42 Å². The van der Waals surface area contributed by atoms with E-state index in [1.807, 2.05) is 97.1 Å². The first-order valence-electron chi connectivity index (χ1n) is 11.1. The van der Waals surface area contributed by atoms with Crippen molar-refractivity contribution in [3.63, 3.8) is 0 Å². The molecule has 0 saturated carbocycles. The molecule has 0 saturated heterocycles. The molecule has 3 aromatic rings.